The highest BCUT2D eigenvalue weighted by atomic mass is 16.7. The van der Waals surface area contributed by atoms with Gasteiger partial charge in [-0.3, -0.25) is 5.10 Å². The third-order valence-corrected chi connectivity index (χ3v) is 4.06. The molecule has 8 heteroatoms. The summed E-state index contributed by atoms with van der Waals surface area (Å²) in [5.74, 6) is 2.85. The molecule has 26 heavy (non-hydrogen) atoms. The Morgan fingerprint density at radius 3 is 2.58 bits per heavy atom. The van der Waals surface area contributed by atoms with E-state index in [4.69, 9.17) is 23.7 Å². The smallest absolute Gasteiger partial charge is 0.231 e. The lowest BCUT2D eigenvalue weighted by Crippen LogP contribution is -1.93. The average molecular weight is 354 g/mol. The van der Waals surface area contributed by atoms with E-state index in [1.54, 1.807) is 27.4 Å². The monoisotopic (exact) mass is 354 g/mol. The first kappa shape index (κ1) is 16.1. The van der Waals surface area contributed by atoms with Gasteiger partial charge in [-0.2, -0.15) is 0 Å². The summed E-state index contributed by atoms with van der Waals surface area (Å²) in [6.07, 6.45) is 0. The van der Waals surface area contributed by atoms with Gasteiger partial charge in [-0.15, -0.1) is 5.10 Å². The summed E-state index contributed by atoms with van der Waals surface area (Å²) in [7, 11) is 4.72. The average Bonchev–Trinajstić information content (AvgIpc) is 3.35. The summed E-state index contributed by atoms with van der Waals surface area (Å²) in [5.41, 5.74) is 2.94. The van der Waals surface area contributed by atoms with Gasteiger partial charge >= 0.3 is 0 Å². The van der Waals surface area contributed by atoms with E-state index in [0.717, 1.165) is 11.1 Å². The molecule has 133 valence electrons. The molecule has 1 aromatic heterocycles. The van der Waals surface area contributed by atoms with E-state index in [-0.39, 0.29) is 6.79 Å². The first-order valence-corrected chi connectivity index (χ1v) is 7.78. The third-order valence-electron chi connectivity index (χ3n) is 4.06. The Kier molecular flexibility index (Phi) is 4.00. The first-order chi connectivity index (χ1) is 12.7. The molecule has 0 spiro atoms. The van der Waals surface area contributed by atoms with Gasteiger partial charge in [-0.25, -0.2) is 0 Å². The van der Waals surface area contributed by atoms with Crippen LogP contribution in [0.2, 0.25) is 0 Å². The van der Waals surface area contributed by atoms with Crippen molar-refractivity contribution in [2.24, 2.45) is 0 Å². The maximum Gasteiger partial charge on any atom is 0.231 e. The predicted molar refractivity (Wildman–Crippen MR) is 91.9 cm³/mol. The third kappa shape index (κ3) is 2.55. The summed E-state index contributed by atoms with van der Waals surface area (Å²) in [4.78, 5) is 0. The van der Waals surface area contributed by atoms with E-state index in [9.17, 15) is 0 Å². The SMILES string of the molecule is COc1[c]cc(-c2[nH]nnc2-c2cc(OC)c3c(c2)OCO3)cc1OC. The molecule has 2 heterocycles. The Morgan fingerprint density at radius 1 is 1.00 bits per heavy atom. The van der Waals surface area contributed by atoms with Crippen LogP contribution in [0.5, 0.6) is 28.7 Å². The number of methoxy groups -OCH3 is 3. The van der Waals surface area contributed by atoms with Crippen LogP contribution in [0.3, 0.4) is 0 Å². The number of ether oxygens (including phenoxy) is 5. The van der Waals surface area contributed by atoms with Crippen molar-refractivity contribution in [3.05, 3.63) is 30.3 Å². The van der Waals surface area contributed by atoms with Crippen LogP contribution in [0.1, 0.15) is 0 Å². The molecular weight excluding hydrogens is 338 g/mol. The van der Waals surface area contributed by atoms with Crippen LogP contribution in [-0.4, -0.2) is 43.5 Å². The molecule has 0 atom stereocenters. The fourth-order valence-corrected chi connectivity index (χ4v) is 2.82. The first-order valence-electron chi connectivity index (χ1n) is 7.78. The Labute approximate surface area is 149 Å². The van der Waals surface area contributed by atoms with Gasteiger partial charge in [0.25, 0.3) is 0 Å². The molecule has 0 aliphatic carbocycles. The van der Waals surface area contributed by atoms with Crippen molar-refractivity contribution in [2.45, 2.75) is 0 Å². The normalized spacial score (nSPS) is 12.1. The minimum atomic E-state index is 0.158. The number of fused-ring (bicyclic) bond motifs is 1. The fourth-order valence-electron chi connectivity index (χ4n) is 2.82. The number of hydrogen-bond acceptors (Lipinski definition) is 7. The molecular formula is C18H16N3O5. The summed E-state index contributed by atoms with van der Waals surface area (Å²) in [6.45, 7) is 0.158. The van der Waals surface area contributed by atoms with E-state index in [2.05, 4.69) is 21.5 Å². The number of aromatic amines is 1. The molecule has 4 rings (SSSR count). The summed E-state index contributed by atoms with van der Waals surface area (Å²) in [5, 5.41) is 11.1. The molecule has 3 aromatic rings. The van der Waals surface area contributed by atoms with Crippen molar-refractivity contribution in [3.63, 3.8) is 0 Å². The maximum absolute atomic E-state index is 5.49. The van der Waals surface area contributed by atoms with Crippen LogP contribution in [0.25, 0.3) is 22.5 Å². The van der Waals surface area contributed by atoms with Crippen molar-refractivity contribution in [2.75, 3.05) is 28.1 Å². The predicted octanol–water partition coefficient (Wildman–Crippen LogP) is 2.69. The summed E-state index contributed by atoms with van der Waals surface area (Å²) < 4.78 is 26.9. The number of rotatable bonds is 5. The second kappa shape index (κ2) is 6.47. The van der Waals surface area contributed by atoms with Crippen LogP contribution in [0.4, 0.5) is 0 Å². The minimum absolute atomic E-state index is 0.158. The highest BCUT2D eigenvalue weighted by Crippen LogP contribution is 2.45. The highest BCUT2D eigenvalue weighted by molar-refractivity contribution is 5.81. The molecule has 0 bridgehead atoms. The molecule has 2 aromatic carbocycles. The molecule has 1 radical (unpaired) electrons. The Balaban J connectivity index is 1.81. The zero-order chi connectivity index (χ0) is 18.1. The lowest BCUT2D eigenvalue weighted by molar-refractivity contribution is 0.171. The second-order valence-corrected chi connectivity index (χ2v) is 5.44. The lowest BCUT2D eigenvalue weighted by atomic mass is 10.0. The Morgan fingerprint density at radius 2 is 1.81 bits per heavy atom. The van der Waals surface area contributed by atoms with Gasteiger partial charge in [0, 0.05) is 17.2 Å². The zero-order valence-corrected chi connectivity index (χ0v) is 14.5. The number of benzene rings is 2. The van der Waals surface area contributed by atoms with Gasteiger partial charge in [0.2, 0.25) is 12.5 Å². The number of nitrogens with zero attached hydrogens (tertiary/aromatic N) is 2. The number of H-pyrrole nitrogens is 1. The molecule has 8 nitrogen and oxygen atoms in total. The summed E-state index contributed by atoms with van der Waals surface area (Å²) in [6, 6.07) is 10.3. The van der Waals surface area contributed by atoms with Crippen molar-refractivity contribution < 1.29 is 23.7 Å². The fraction of sp³-hybridized carbons (Fsp3) is 0.222. The zero-order valence-electron chi connectivity index (χ0n) is 14.5. The van der Waals surface area contributed by atoms with E-state index in [1.165, 1.54) is 0 Å². The van der Waals surface area contributed by atoms with Crippen molar-refractivity contribution in [1.29, 1.82) is 0 Å². The molecule has 0 saturated carbocycles. The van der Waals surface area contributed by atoms with E-state index in [0.29, 0.717) is 40.1 Å². The van der Waals surface area contributed by atoms with E-state index in [1.807, 2.05) is 18.2 Å². The van der Waals surface area contributed by atoms with E-state index < -0.39 is 0 Å². The standard InChI is InChI=1S/C18H16N3O5/c1-22-12-5-4-10(6-13(12)23-2)16-17(20-21-19-16)11-7-14(24-3)18-15(8-11)25-9-26-18/h4,6-8H,9H2,1-3H3,(H,19,20,21). The maximum atomic E-state index is 5.49. The lowest BCUT2D eigenvalue weighted by Gasteiger charge is -2.10. The van der Waals surface area contributed by atoms with Crippen LogP contribution < -0.4 is 23.7 Å². The van der Waals surface area contributed by atoms with Gasteiger partial charge in [-0.05, 0) is 24.3 Å². The van der Waals surface area contributed by atoms with Gasteiger partial charge in [-0.1, -0.05) is 5.21 Å². The number of hydrogen-bond donors (Lipinski definition) is 1. The molecule has 0 amide bonds. The van der Waals surface area contributed by atoms with Crippen LogP contribution in [0, 0.1) is 6.07 Å². The van der Waals surface area contributed by atoms with Crippen molar-refractivity contribution >= 4 is 0 Å². The van der Waals surface area contributed by atoms with Gasteiger partial charge < -0.3 is 23.7 Å². The van der Waals surface area contributed by atoms with Crippen LogP contribution in [0.15, 0.2) is 24.3 Å². The summed E-state index contributed by atoms with van der Waals surface area (Å²) >= 11 is 0. The molecule has 1 aliphatic heterocycles. The second-order valence-electron chi connectivity index (χ2n) is 5.44. The molecule has 1 aliphatic rings. The number of nitrogens with one attached hydrogen (secondary N) is 1. The van der Waals surface area contributed by atoms with Crippen LogP contribution in [-0.2, 0) is 0 Å². The molecule has 1 N–H and O–H groups in total. The van der Waals surface area contributed by atoms with E-state index >= 15 is 0 Å². The quantitative estimate of drug-likeness (QED) is 0.753. The Hall–Kier alpha value is -3.42. The van der Waals surface area contributed by atoms with Crippen molar-refractivity contribution in [1.82, 2.24) is 15.4 Å². The number of aromatic nitrogens is 3. The Bertz CT molecular complexity index is 954. The minimum Gasteiger partial charge on any atom is -0.493 e. The van der Waals surface area contributed by atoms with Crippen LogP contribution >= 0.6 is 0 Å². The molecule has 0 fully saturated rings. The van der Waals surface area contributed by atoms with Gasteiger partial charge in [0.05, 0.1) is 27.0 Å². The van der Waals surface area contributed by atoms with Crippen molar-refractivity contribution in [3.8, 4) is 51.3 Å². The molecule has 0 saturated heterocycles. The van der Waals surface area contributed by atoms with Gasteiger partial charge in [0.15, 0.2) is 23.0 Å². The topological polar surface area (TPSA) is 87.7 Å². The van der Waals surface area contributed by atoms with Gasteiger partial charge in [0.1, 0.15) is 5.69 Å². The largest absolute Gasteiger partial charge is 0.493 e. The molecule has 0 unspecified atom stereocenters. The highest BCUT2D eigenvalue weighted by Gasteiger charge is 2.23.